The minimum Gasteiger partial charge on any atom is -0.260 e. The Morgan fingerprint density at radius 3 is 2.82 bits per heavy atom. The van der Waals surface area contributed by atoms with Gasteiger partial charge in [-0.3, -0.25) is 4.99 Å². The first kappa shape index (κ1) is 8.34. The lowest BCUT2D eigenvalue weighted by Crippen LogP contribution is -1.73. The first-order valence-corrected chi connectivity index (χ1v) is 3.97. The predicted octanol–water partition coefficient (Wildman–Crippen LogP) is 3.01. The van der Waals surface area contributed by atoms with Crippen molar-refractivity contribution in [3.05, 3.63) is 23.8 Å². The SMILES string of the molecule is C/C=N/c1cc(C)ccc1S. The Labute approximate surface area is 72.6 Å². The van der Waals surface area contributed by atoms with E-state index < -0.39 is 0 Å². The Balaban J connectivity index is 3.12. The molecule has 2 heteroatoms. The molecule has 0 aromatic heterocycles. The maximum absolute atomic E-state index is 4.27. The van der Waals surface area contributed by atoms with Crippen LogP contribution in [0, 0.1) is 6.92 Å². The van der Waals surface area contributed by atoms with Gasteiger partial charge >= 0.3 is 0 Å². The summed E-state index contributed by atoms with van der Waals surface area (Å²) in [5.41, 5.74) is 2.15. The fourth-order valence-corrected chi connectivity index (χ4v) is 1.07. The van der Waals surface area contributed by atoms with Crippen LogP contribution in [0.15, 0.2) is 28.1 Å². The van der Waals surface area contributed by atoms with E-state index in [0.29, 0.717) is 0 Å². The van der Waals surface area contributed by atoms with Crippen LogP contribution in [0.1, 0.15) is 12.5 Å². The van der Waals surface area contributed by atoms with Crippen molar-refractivity contribution in [1.29, 1.82) is 0 Å². The Morgan fingerprint density at radius 2 is 2.18 bits per heavy atom. The molecule has 0 unspecified atom stereocenters. The fraction of sp³-hybridized carbons (Fsp3) is 0.222. The number of hydrogen-bond acceptors (Lipinski definition) is 2. The highest BCUT2D eigenvalue weighted by atomic mass is 32.1. The Morgan fingerprint density at radius 1 is 1.45 bits per heavy atom. The highest BCUT2D eigenvalue weighted by Gasteiger charge is 1.94. The van der Waals surface area contributed by atoms with Gasteiger partial charge in [-0.15, -0.1) is 12.6 Å². The van der Waals surface area contributed by atoms with Crippen molar-refractivity contribution in [3.8, 4) is 0 Å². The molecule has 58 valence electrons. The molecule has 0 amide bonds. The Bertz CT molecular complexity index is 279. The molecule has 1 aromatic carbocycles. The van der Waals surface area contributed by atoms with E-state index >= 15 is 0 Å². The van der Waals surface area contributed by atoms with Crippen LogP contribution in [0.2, 0.25) is 0 Å². The van der Waals surface area contributed by atoms with Crippen LogP contribution in [0.5, 0.6) is 0 Å². The summed E-state index contributed by atoms with van der Waals surface area (Å²) in [4.78, 5) is 5.09. The van der Waals surface area contributed by atoms with Crippen molar-refractivity contribution < 1.29 is 0 Å². The smallest absolute Gasteiger partial charge is 0.0761 e. The van der Waals surface area contributed by atoms with Crippen molar-refractivity contribution in [1.82, 2.24) is 0 Å². The predicted molar refractivity (Wildman–Crippen MR) is 52.3 cm³/mol. The first-order chi connectivity index (χ1) is 5.24. The zero-order valence-electron chi connectivity index (χ0n) is 6.70. The molecule has 11 heavy (non-hydrogen) atoms. The van der Waals surface area contributed by atoms with Gasteiger partial charge < -0.3 is 0 Å². The number of aliphatic imine (C=N–C) groups is 1. The zero-order valence-corrected chi connectivity index (χ0v) is 7.60. The molecule has 0 heterocycles. The standard InChI is InChI=1S/C9H11NS/c1-3-10-8-6-7(2)4-5-9(8)11/h3-6,11H,1-2H3/b10-3+. The quantitative estimate of drug-likeness (QED) is 0.485. The highest BCUT2D eigenvalue weighted by Crippen LogP contribution is 2.23. The number of thiol groups is 1. The third-order valence-electron chi connectivity index (χ3n) is 1.40. The molecule has 0 saturated heterocycles. The highest BCUT2D eigenvalue weighted by molar-refractivity contribution is 7.80. The van der Waals surface area contributed by atoms with E-state index in [1.54, 1.807) is 6.21 Å². The van der Waals surface area contributed by atoms with Gasteiger partial charge in [0.2, 0.25) is 0 Å². The monoisotopic (exact) mass is 165 g/mol. The lowest BCUT2D eigenvalue weighted by Gasteiger charge is -1.98. The fourth-order valence-electron chi connectivity index (χ4n) is 0.876. The van der Waals surface area contributed by atoms with E-state index in [2.05, 4.69) is 17.6 Å². The summed E-state index contributed by atoms with van der Waals surface area (Å²) in [7, 11) is 0. The largest absolute Gasteiger partial charge is 0.260 e. The molecule has 0 radical (unpaired) electrons. The molecule has 1 rings (SSSR count). The minimum absolute atomic E-state index is 0.925. The molecular formula is C9H11NS. The van der Waals surface area contributed by atoms with Crippen LogP contribution in [-0.2, 0) is 0 Å². The number of hydrogen-bond donors (Lipinski definition) is 1. The summed E-state index contributed by atoms with van der Waals surface area (Å²) in [6, 6.07) is 6.00. The first-order valence-electron chi connectivity index (χ1n) is 3.52. The van der Waals surface area contributed by atoms with E-state index in [4.69, 9.17) is 0 Å². The van der Waals surface area contributed by atoms with Crippen LogP contribution < -0.4 is 0 Å². The van der Waals surface area contributed by atoms with Gasteiger partial charge in [0.15, 0.2) is 0 Å². The van der Waals surface area contributed by atoms with Crippen LogP contribution in [0.25, 0.3) is 0 Å². The molecule has 0 fully saturated rings. The molecule has 1 aromatic rings. The van der Waals surface area contributed by atoms with Gasteiger partial charge in [0, 0.05) is 11.1 Å². The summed E-state index contributed by atoms with van der Waals surface area (Å²) in [5.74, 6) is 0. The summed E-state index contributed by atoms with van der Waals surface area (Å²) in [5, 5.41) is 0. The topological polar surface area (TPSA) is 12.4 Å². The second kappa shape index (κ2) is 3.58. The Kier molecular flexibility index (Phi) is 2.71. The zero-order chi connectivity index (χ0) is 8.27. The van der Waals surface area contributed by atoms with E-state index in [-0.39, 0.29) is 0 Å². The van der Waals surface area contributed by atoms with Crippen molar-refractivity contribution >= 4 is 24.5 Å². The second-order valence-corrected chi connectivity index (χ2v) is 2.86. The molecular weight excluding hydrogens is 154 g/mol. The molecule has 0 aliphatic carbocycles. The Hall–Kier alpha value is -0.760. The summed E-state index contributed by atoms with van der Waals surface area (Å²) in [6.45, 7) is 3.94. The molecule has 0 saturated carbocycles. The molecule has 0 atom stereocenters. The number of rotatable bonds is 1. The number of aryl methyl sites for hydroxylation is 1. The third kappa shape index (κ3) is 2.09. The third-order valence-corrected chi connectivity index (χ3v) is 1.78. The van der Waals surface area contributed by atoms with Crippen molar-refractivity contribution in [2.45, 2.75) is 18.7 Å². The normalized spacial score (nSPS) is 10.8. The summed E-state index contributed by atoms with van der Waals surface area (Å²) in [6.07, 6.45) is 1.77. The lowest BCUT2D eigenvalue weighted by atomic mass is 10.2. The molecule has 0 aliphatic heterocycles. The summed E-state index contributed by atoms with van der Waals surface area (Å²) < 4.78 is 0. The molecule has 0 aliphatic rings. The van der Waals surface area contributed by atoms with E-state index in [0.717, 1.165) is 10.6 Å². The van der Waals surface area contributed by atoms with Crippen molar-refractivity contribution in [2.24, 2.45) is 4.99 Å². The van der Waals surface area contributed by atoms with Crippen molar-refractivity contribution in [3.63, 3.8) is 0 Å². The van der Waals surface area contributed by atoms with Crippen LogP contribution in [0.3, 0.4) is 0 Å². The van der Waals surface area contributed by atoms with Crippen LogP contribution in [-0.4, -0.2) is 6.21 Å². The maximum Gasteiger partial charge on any atom is 0.0761 e. The second-order valence-electron chi connectivity index (χ2n) is 2.38. The van der Waals surface area contributed by atoms with E-state index in [1.165, 1.54) is 5.56 Å². The van der Waals surface area contributed by atoms with Gasteiger partial charge in [-0.05, 0) is 31.5 Å². The van der Waals surface area contributed by atoms with E-state index in [1.807, 2.05) is 32.0 Å². The van der Waals surface area contributed by atoms with Crippen LogP contribution >= 0.6 is 12.6 Å². The molecule has 0 N–H and O–H groups in total. The van der Waals surface area contributed by atoms with Crippen LogP contribution in [0.4, 0.5) is 5.69 Å². The maximum atomic E-state index is 4.27. The molecule has 0 spiro atoms. The van der Waals surface area contributed by atoms with Gasteiger partial charge in [0.1, 0.15) is 0 Å². The number of benzene rings is 1. The van der Waals surface area contributed by atoms with Gasteiger partial charge in [-0.25, -0.2) is 0 Å². The summed E-state index contributed by atoms with van der Waals surface area (Å²) >= 11 is 4.27. The average molecular weight is 165 g/mol. The van der Waals surface area contributed by atoms with Gasteiger partial charge in [0.25, 0.3) is 0 Å². The van der Waals surface area contributed by atoms with Gasteiger partial charge in [-0.1, -0.05) is 6.07 Å². The average Bonchev–Trinajstić information content (AvgIpc) is 1.98. The van der Waals surface area contributed by atoms with Gasteiger partial charge in [0.05, 0.1) is 5.69 Å². The van der Waals surface area contributed by atoms with E-state index in [9.17, 15) is 0 Å². The lowest BCUT2D eigenvalue weighted by molar-refractivity contribution is 1.33. The van der Waals surface area contributed by atoms with Gasteiger partial charge in [-0.2, -0.15) is 0 Å². The van der Waals surface area contributed by atoms with Crippen molar-refractivity contribution in [2.75, 3.05) is 0 Å². The molecule has 0 bridgehead atoms. The molecule has 1 nitrogen and oxygen atoms in total. The number of nitrogens with zero attached hydrogens (tertiary/aromatic N) is 1. The minimum atomic E-state index is 0.925.